The molecule has 0 aliphatic rings. The Morgan fingerprint density at radius 2 is 1.72 bits per heavy atom. The van der Waals surface area contributed by atoms with Crippen molar-refractivity contribution in [3.63, 3.8) is 0 Å². The van der Waals surface area contributed by atoms with E-state index in [2.05, 4.69) is 27.2 Å². The van der Waals surface area contributed by atoms with E-state index in [-0.39, 0.29) is 21.1 Å². The summed E-state index contributed by atoms with van der Waals surface area (Å²) in [6.45, 7) is 6.47. The Bertz CT molecular complexity index is 509. The molecule has 9 heteroatoms. The van der Waals surface area contributed by atoms with E-state index in [0.29, 0.717) is 0 Å². The number of halogens is 3. The lowest BCUT2D eigenvalue weighted by molar-refractivity contribution is 0.249. The van der Waals surface area contributed by atoms with Gasteiger partial charge in [-0.3, -0.25) is 0 Å². The SMILES string of the molecule is C=COP(=O)(OC=C)Oc1nc(Cl)c(Cl)cc1Cl. The predicted molar refractivity (Wildman–Crippen MR) is 70.1 cm³/mol. The highest BCUT2D eigenvalue weighted by molar-refractivity contribution is 7.49. The van der Waals surface area contributed by atoms with Gasteiger partial charge in [-0.25, -0.2) is 0 Å². The van der Waals surface area contributed by atoms with Gasteiger partial charge >= 0.3 is 7.82 Å². The standard InChI is InChI=1S/C9H7Cl3NO4P/c1-3-15-18(14,16-4-2)17-9-7(11)5-6(10)8(12)13-9/h3-5H,1-2H2. The average molecular weight is 330 g/mol. The number of phosphoric ester groups is 1. The molecule has 5 nitrogen and oxygen atoms in total. The minimum atomic E-state index is -3.99. The molecule has 0 unspecified atom stereocenters. The van der Waals surface area contributed by atoms with Crippen LogP contribution in [0.4, 0.5) is 0 Å². The molecule has 1 aromatic rings. The van der Waals surface area contributed by atoms with Crippen molar-refractivity contribution in [2.24, 2.45) is 0 Å². The Morgan fingerprint density at radius 1 is 1.17 bits per heavy atom. The smallest absolute Gasteiger partial charge is 0.395 e. The number of rotatable bonds is 6. The highest BCUT2D eigenvalue weighted by Gasteiger charge is 2.31. The molecule has 1 rings (SSSR count). The molecule has 0 saturated carbocycles. The normalized spacial score (nSPS) is 10.6. The molecular formula is C9H7Cl3NO4P. The fourth-order valence-electron chi connectivity index (χ4n) is 0.849. The lowest BCUT2D eigenvalue weighted by Gasteiger charge is -2.15. The molecule has 0 saturated heterocycles. The van der Waals surface area contributed by atoms with E-state index in [9.17, 15) is 4.57 Å². The van der Waals surface area contributed by atoms with Crippen LogP contribution in [0.25, 0.3) is 0 Å². The first kappa shape index (κ1) is 15.2. The molecule has 98 valence electrons. The van der Waals surface area contributed by atoms with E-state index < -0.39 is 7.82 Å². The van der Waals surface area contributed by atoms with E-state index in [1.165, 1.54) is 6.07 Å². The summed E-state index contributed by atoms with van der Waals surface area (Å²) in [6.07, 6.45) is 1.77. The maximum atomic E-state index is 11.9. The van der Waals surface area contributed by atoms with Crippen LogP contribution in [-0.2, 0) is 13.6 Å². The summed E-state index contributed by atoms with van der Waals surface area (Å²) in [5.74, 6) is -0.252. The van der Waals surface area contributed by atoms with Crippen LogP contribution in [0.3, 0.4) is 0 Å². The Hall–Kier alpha value is -0.870. The maximum absolute atomic E-state index is 11.9. The van der Waals surface area contributed by atoms with E-state index >= 15 is 0 Å². The van der Waals surface area contributed by atoms with Crippen molar-refractivity contribution >= 4 is 42.6 Å². The third-order valence-electron chi connectivity index (χ3n) is 1.46. The summed E-state index contributed by atoms with van der Waals surface area (Å²) in [7, 11) is -3.99. The number of aromatic nitrogens is 1. The summed E-state index contributed by atoms with van der Waals surface area (Å²) in [5, 5.41) is 0.0444. The second kappa shape index (κ2) is 6.34. The Morgan fingerprint density at radius 3 is 2.22 bits per heavy atom. The highest BCUT2D eigenvalue weighted by atomic mass is 35.5. The van der Waals surface area contributed by atoms with E-state index in [1.807, 2.05) is 0 Å². The quantitative estimate of drug-likeness (QED) is 0.424. The van der Waals surface area contributed by atoms with Crippen LogP contribution in [0, 0.1) is 0 Å². The summed E-state index contributed by atoms with van der Waals surface area (Å²) in [6, 6.07) is 1.28. The monoisotopic (exact) mass is 329 g/mol. The van der Waals surface area contributed by atoms with Gasteiger partial charge < -0.3 is 13.6 Å². The predicted octanol–water partition coefficient (Wildman–Crippen LogP) is 4.85. The Balaban J connectivity index is 3.08. The van der Waals surface area contributed by atoms with Crippen LogP contribution in [0.5, 0.6) is 5.88 Å². The van der Waals surface area contributed by atoms with Crippen molar-refractivity contribution in [3.05, 3.63) is 46.9 Å². The Kier molecular flexibility index (Phi) is 5.35. The first-order valence-corrected chi connectivity index (χ1v) is 6.91. The molecule has 0 atom stereocenters. The summed E-state index contributed by atoms with van der Waals surface area (Å²) < 4.78 is 26.1. The zero-order valence-corrected chi connectivity index (χ0v) is 12.0. The third kappa shape index (κ3) is 3.82. The summed E-state index contributed by atoms with van der Waals surface area (Å²) >= 11 is 17.1. The number of phosphoric acid groups is 1. The minimum absolute atomic E-state index is 0.00931. The van der Waals surface area contributed by atoms with E-state index in [1.54, 1.807) is 0 Å². The van der Waals surface area contributed by atoms with Crippen LogP contribution in [0.1, 0.15) is 0 Å². The van der Waals surface area contributed by atoms with Gasteiger partial charge in [-0.2, -0.15) is 9.55 Å². The zero-order valence-electron chi connectivity index (χ0n) is 8.81. The van der Waals surface area contributed by atoms with Crippen LogP contribution in [-0.4, -0.2) is 4.98 Å². The molecule has 0 N–H and O–H groups in total. The van der Waals surface area contributed by atoms with Gasteiger partial charge in [-0.05, 0) is 6.07 Å². The van der Waals surface area contributed by atoms with Gasteiger partial charge in [0.2, 0.25) is 5.88 Å². The second-order valence-electron chi connectivity index (χ2n) is 2.63. The largest absolute Gasteiger partial charge is 0.647 e. The molecule has 0 aliphatic heterocycles. The van der Waals surface area contributed by atoms with E-state index in [4.69, 9.17) is 39.3 Å². The summed E-state index contributed by atoms with van der Waals surface area (Å²) in [5.41, 5.74) is 0. The first-order valence-electron chi connectivity index (χ1n) is 4.31. The Labute approximate surface area is 119 Å². The van der Waals surface area contributed by atoms with Crippen molar-refractivity contribution < 1.29 is 18.1 Å². The maximum Gasteiger partial charge on any atom is 0.647 e. The molecule has 18 heavy (non-hydrogen) atoms. The van der Waals surface area contributed by atoms with Crippen molar-refractivity contribution in [1.29, 1.82) is 0 Å². The molecule has 1 heterocycles. The molecule has 0 bridgehead atoms. The molecule has 0 aromatic carbocycles. The van der Waals surface area contributed by atoms with Crippen molar-refractivity contribution in [2.75, 3.05) is 0 Å². The van der Waals surface area contributed by atoms with Crippen LogP contribution in [0.2, 0.25) is 15.2 Å². The van der Waals surface area contributed by atoms with Gasteiger partial charge in [0.15, 0.2) is 5.15 Å². The topological polar surface area (TPSA) is 57.7 Å². The molecule has 0 fully saturated rings. The first-order chi connectivity index (χ1) is 8.41. The molecule has 1 aromatic heterocycles. The van der Waals surface area contributed by atoms with Crippen molar-refractivity contribution in [3.8, 4) is 5.88 Å². The average Bonchev–Trinajstić information content (AvgIpc) is 2.26. The minimum Gasteiger partial charge on any atom is -0.395 e. The van der Waals surface area contributed by atoms with E-state index in [0.717, 1.165) is 12.5 Å². The van der Waals surface area contributed by atoms with Gasteiger partial charge in [-0.15, -0.1) is 0 Å². The lowest BCUT2D eigenvalue weighted by Crippen LogP contribution is -1.99. The zero-order chi connectivity index (χ0) is 13.8. The van der Waals surface area contributed by atoms with Gasteiger partial charge in [0, 0.05) is 0 Å². The van der Waals surface area contributed by atoms with Gasteiger partial charge in [0.25, 0.3) is 0 Å². The fraction of sp³-hybridized carbons (Fsp3) is 0. The molecular weight excluding hydrogens is 323 g/mol. The lowest BCUT2D eigenvalue weighted by atomic mass is 10.5. The van der Waals surface area contributed by atoms with Crippen LogP contribution in [0.15, 0.2) is 31.7 Å². The number of pyridine rings is 1. The second-order valence-corrected chi connectivity index (χ2v) is 5.30. The molecule has 0 aliphatic carbocycles. The molecule has 0 amide bonds. The number of hydrogen-bond donors (Lipinski definition) is 0. The van der Waals surface area contributed by atoms with Gasteiger partial charge in [0.05, 0.1) is 17.5 Å². The number of nitrogens with zero attached hydrogens (tertiary/aromatic N) is 1. The van der Waals surface area contributed by atoms with Crippen molar-refractivity contribution in [1.82, 2.24) is 4.98 Å². The van der Waals surface area contributed by atoms with Crippen LogP contribution >= 0.6 is 42.6 Å². The highest BCUT2D eigenvalue weighted by Crippen LogP contribution is 2.51. The molecule has 0 spiro atoms. The number of hydrogen-bond acceptors (Lipinski definition) is 5. The van der Waals surface area contributed by atoms with Crippen LogP contribution < -0.4 is 4.52 Å². The fourth-order valence-corrected chi connectivity index (χ4v) is 2.28. The molecule has 0 radical (unpaired) electrons. The third-order valence-corrected chi connectivity index (χ3v) is 3.61. The van der Waals surface area contributed by atoms with Gasteiger partial charge in [-0.1, -0.05) is 48.0 Å². The summed E-state index contributed by atoms with van der Waals surface area (Å²) in [4.78, 5) is 3.70. The van der Waals surface area contributed by atoms with Crippen molar-refractivity contribution in [2.45, 2.75) is 0 Å². The van der Waals surface area contributed by atoms with Gasteiger partial charge in [0.1, 0.15) is 5.02 Å².